The van der Waals surface area contributed by atoms with Gasteiger partial charge in [-0.1, -0.05) is 146 Å². The van der Waals surface area contributed by atoms with Gasteiger partial charge in [0, 0.05) is 9.79 Å². The lowest BCUT2D eigenvalue weighted by atomic mass is 10.0. The molecule has 0 radical (unpaired) electrons. The van der Waals surface area contributed by atoms with Crippen LogP contribution in [0.3, 0.4) is 0 Å². The second kappa shape index (κ2) is 29.7. The highest BCUT2D eigenvalue weighted by Gasteiger charge is 2.13. The van der Waals surface area contributed by atoms with Gasteiger partial charge in [0.2, 0.25) is 0 Å². The van der Waals surface area contributed by atoms with Gasteiger partial charge in [-0.3, -0.25) is 0 Å². The molecule has 8 heteroatoms. The highest BCUT2D eigenvalue weighted by molar-refractivity contribution is 7.99. The molecule has 0 N–H and O–H groups in total. The Hall–Kier alpha value is -4.50. The molecule has 0 amide bonds. The van der Waals surface area contributed by atoms with Crippen LogP contribution in [0.2, 0.25) is 0 Å². The molecule has 6 nitrogen and oxygen atoms in total. The van der Waals surface area contributed by atoms with E-state index < -0.39 is 24.1 Å². The number of nitrogens with zero attached hydrogens (tertiary/aromatic N) is 2. The fourth-order valence-electron chi connectivity index (χ4n) is 6.27. The van der Waals surface area contributed by atoms with Crippen LogP contribution in [0.15, 0.2) is 107 Å². The first-order chi connectivity index (χ1) is 28.8. The van der Waals surface area contributed by atoms with Crippen molar-refractivity contribution in [1.29, 1.82) is 10.5 Å². The molecule has 0 heterocycles. The zero-order valence-corrected chi connectivity index (χ0v) is 37.4. The van der Waals surface area contributed by atoms with E-state index in [4.69, 9.17) is 20.0 Å². The highest BCUT2D eigenvalue weighted by atomic mass is 32.2. The molecule has 2 atom stereocenters. The van der Waals surface area contributed by atoms with E-state index in [1.54, 1.807) is 38.1 Å². The summed E-state index contributed by atoms with van der Waals surface area (Å²) in [5, 5.41) is 17.5. The zero-order chi connectivity index (χ0) is 42.5. The number of carbonyl (C=O) groups is 2. The van der Waals surface area contributed by atoms with Crippen LogP contribution in [0.25, 0.3) is 22.3 Å². The number of esters is 2. The van der Waals surface area contributed by atoms with Crippen LogP contribution >= 0.6 is 23.5 Å². The predicted octanol–water partition coefficient (Wildman–Crippen LogP) is 14.9. The maximum Gasteiger partial charge on any atom is 0.339 e. The summed E-state index contributed by atoms with van der Waals surface area (Å²) in [7, 11) is 0. The summed E-state index contributed by atoms with van der Waals surface area (Å²) < 4.78 is 10.1. The van der Waals surface area contributed by atoms with Crippen LogP contribution in [0.1, 0.15) is 145 Å². The number of unbranched alkanes of at least 4 members (excludes halogenated alkanes) is 13. The average molecular weight is 833 g/mol. The smallest absolute Gasteiger partial charge is 0.339 e. The molecule has 0 aromatic heterocycles. The molecule has 0 aliphatic heterocycles. The number of nitriles is 2. The molecule has 0 aliphatic carbocycles. The van der Waals surface area contributed by atoms with Crippen LogP contribution in [-0.4, -0.2) is 35.7 Å². The van der Waals surface area contributed by atoms with Gasteiger partial charge in [0.05, 0.1) is 11.1 Å². The molecule has 59 heavy (non-hydrogen) atoms. The molecule has 0 saturated carbocycles. The van der Waals surface area contributed by atoms with Crippen molar-refractivity contribution in [3.05, 3.63) is 108 Å². The van der Waals surface area contributed by atoms with Gasteiger partial charge < -0.3 is 9.47 Å². The van der Waals surface area contributed by atoms with Crippen LogP contribution in [0.5, 0.6) is 0 Å². The van der Waals surface area contributed by atoms with Gasteiger partial charge in [-0.2, -0.15) is 10.5 Å². The zero-order valence-electron chi connectivity index (χ0n) is 35.8. The second-order valence-electron chi connectivity index (χ2n) is 14.8. The minimum absolute atomic E-state index is 0.456. The fourth-order valence-corrected chi connectivity index (χ4v) is 8.10. The Morgan fingerprint density at radius 1 is 0.458 bits per heavy atom. The van der Waals surface area contributed by atoms with Crippen molar-refractivity contribution in [3.8, 4) is 34.4 Å². The lowest BCUT2D eigenvalue weighted by molar-refractivity contribution is 0.0425. The Balaban J connectivity index is 0.000000316. The third-order valence-corrected chi connectivity index (χ3v) is 12.0. The Morgan fingerprint density at radius 2 is 0.729 bits per heavy atom. The molecular formula is C51H64N2O4S2. The number of hydrogen-bond donors (Lipinski definition) is 0. The molecule has 0 saturated heterocycles. The quantitative estimate of drug-likeness (QED) is 0.0370. The van der Waals surface area contributed by atoms with Gasteiger partial charge >= 0.3 is 11.9 Å². The largest absolute Gasteiger partial charge is 0.444 e. The van der Waals surface area contributed by atoms with Crippen molar-refractivity contribution in [1.82, 2.24) is 0 Å². The van der Waals surface area contributed by atoms with E-state index in [2.05, 4.69) is 62.4 Å². The molecule has 314 valence electrons. The molecule has 4 aromatic carbocycles. The molecule has 4 aromatic rings. The van der Waals surface area contributed by atoms with Crippen LogP contribution in [-0.2, 0) is 9.47 Å². The van der Waals surface area contributed by atoms with Crippen molar-refractivity contribution >= 4 is 35.5 Å². The molecule has 0 bridgehead atoms. The van der Waals surface area contributed by atoms with Crippen molar-refractivity contribution in [2.75, 3.05) is 11.5 Å². The van der Waals surface area contributed by atoms with Gasteiger partial charge in [0.1, 0.15) is 12.1 Å². The van der Waals surface area contributed by atoms with Gasteiger partial charge in [-0.05, 0) is 109 Å². The van der Waals surface area contributed by atoms with E-state index in [-0.39, 0.29) is 0 Å². The predicted molar refractivity (Wildman–Crippen MR) is 247 cm³/mol. The van der Waals surface area contributed by atoms with Crippen molar-refractivity contribution in [2.45, 2.75) is 146 Å². The summed E-state index contributed by atoms with van der Waals surface area (Å²) in [5.74, 6) is 1.41. The Bertz CT molecular complexity index is 1850. The van der Waals surface area contributed by atoms with E-state index in [9.17, 15) is 9.59 Å². The average Bonchev–Trinajstić information content (AvgIpc) is 3.27. The van der Waals surface area contributed by atoms with E-state index >= 15 is 0 Å². The van der Waals surface area contributed by atoms with Gasteiger partial charge in [-0.15, -0.1) is 23.5 Å². The summed E-state index contributed by atoms with van der Waals surface area (Å²) in [6.07, 6.45) is 18.8. The van der Waals surface area contributed by atoms with Gasteiger partial charge in [0.25, 0.3) is 0 Å². The van der Waals surface area contributed by atoms with Crippen LogP contribution in [0, 0.1) is 22.7 Å². The lowest BCUT2D eigenvalue weighted by Gasteiger charge is -2.08. The van der Waals surface area contributed by atoms with Crippen molar-refractivity contribution < 1.29 is 19.1 Å². The minimum Gasteiger partial charge on any atom is -0.444 e. The molecular weight excluding hydrogens is 769 g/mol. The monoisotopic (exact) mass is 832 g/mol. The summed E-state index contributed by atoms with van der Waals surface area (Å²) in [4.78, 5) is 26.5. The first kappa shape index (κ1) is 48.9. The normalized spacial score (nSPS) is 11.6. The van der Waals surface area contributed by atoms with Crippen molar-refractivity contribution in [3.63, 3.8) is 0 Å². The van der Waals surface area contributed by atoms with Crippen molar-refractivity contribution in [2.24, 2.45) is 0 Å². The fraction of sp³-hybridized carbons (Fsp3) is 0.451. The molecule has 0 spiro atoms. The number of thioether (sulfide) groups is 2. The molecule has 4 rings (SSSR count). The summed E-state index contributed by atoms with van der Waals surface area (Å²) >= 11 is 3.84. The Kier molecular flexibility index (Phi) is 24.6. The van der Waals surface area contributed by atoms with Gasteiger partial charge in [0.15, 0.2) is 12.2 Å². The Morgan fingerprint density at radius 3 is 1.02 bits per heavy atom. The number of carbonyl (C=O) groups excluding carboxylic acids is 2. The summed E-state index contributed by atoms with van der Waals surface area (Å²) in [5.41, 5.74) is 5.27. The van der Waals surface area contributed by atoms with E-state index in [0.717, 1.165) is 22.3 Å². The lowest BCUT2D eigenvalue weighted by Crippen LogP contribution is -2.12. The standard InChI is InChI=1S/C26H33NO2S.C25H31NO2S/c1-3-4-5-6-7-8-9-10-19-30-25-17-15-23(16-18-25)22-11-13-24(14-12-22)26(28)29-21(2)20-27;1-3-4-5-6-7-8-9-18-29-24-16-14-22(15-17-24)21-10-12-23(13-11-21)25(27)28-20(2)19-26/h11-18,21H,3-10,19H2,1-2H3;10-17,20H,3-9,18H2,1-2H3/t21-;20-/m11/s1. The summed E-state index contributed by atoms with van der Waals surface area (Å²) in [6.45, 7) is 7.63. The number of benzene rings is 4. The third-order valence-electron chi connectivity index (χ3n) is 9.83. The number of rotatable bonds is 25. The van der Waals surface area contributed by atoms with Crippen LogP contribution in [0.4, 0.5) is 0 Å². The highest BCUT2D eigenvalue weighted by Crippen LogP contribution is 2.27. The number of ether oxygens (including phenoxy) is 2. The number of hydrogen-bond acceptors (Lipinski definition) is 8. The first-order valence-electron chi connectivity index (χ1n) is 21.7. The van der Waals surface area contributed by atoms with E-state index in [1.165, 1.54) is 118 Å². The van der Waals surface area contributed by atoms with E-state index in [1.807, 2.05) is 59.9 Å². The van der Waals surface area contributed by atoms with Crippen LogP contribution < -0.4 is 0 Å². The molecule has 0 unspecified atom stereocenters. The maximum atomic E-state index is 12.0. The first-order valence-corrected chi connectivity index (χ1v) is 23.6. The summed E-state index contributed by atoms with van der Waals surface area (Å²) in [6, 6.07) is 35.6. The SMILES string of the molecule is CCCCCCCCCCSc1ccc(-c2ccc(C(=O)O[C@H](C)C#N)cc2)cc1.CCCCCCCCCSc1ccc(-c2ccc(C(=O)O[C@H](C)C#N)cc2)cc1. The second-order valence-corrected chi connectivity index (χ2v) is 17.2. The molecule has 0 aliphatic rings. The molecule has 0 fully saturated rings. The topological polar surface area (TPSA) is 100 Å². The minimum atomic E-state index is -0.743. The third kappa shape index (κ3) is 19.9. The Labute approximate surface area is 363 Å². The van der Waals surface area contributed by atoms with E-state index in [0.29, 0.717) is 11.1 Å². The maximum absolute atomic E-state index is 12.0. The van der Waals surface area contributed by atoms with Gasteiger partial charge in [-0.25, -0.2) is 9.59 Å².